The second-order valence-electron chi connectivity index (χ2n) is 4.76. The summed E-state index contributed by atoms with van der Waals surface area (Å²) < 4.78 is 0. The SMILES string of the molecule is CC(=O)N(C(=O)c1ccccc1C(=O)O)c1ccccc1[N+](=O)[O-]. The van der Waals surface area contributed by atoms with Crippen molar-refractivity contribution < 1.29 is 24.4 Å². The maximum Gasteiger partial charge on any atom is 0.336 e. The van der Waals surface area contributed by atoms with Crippen LogP contribution in [0.25, 0.3) is 0 Å². The third-order valence-corrected chi connectivity index (χ3v) is 3.23. The fourth-order valence-corrected chi connectivity index (χ4v) is 2.21. The van der Waals surface area contributed by atoms with E-state index >= 15 is 0 Å². The normalized spacial score (nSPS) is 10.0. The minimum atomic E-state index is -1.34. The summed E-state index contributed by atoms with van der Waals surface area (Å²) in [7, 11) is 0. The molecule has 2 rings (SSSR count). The molecule has 2 aromatic carbocycles. The van der Waals surface area contributed by atoms with E-state index in [1.807, 2.05) is 0 Å². The minimum absolute atomic E-state index is 0.222. The van der Waals surface area contributed by atoms with E-state index in [0.717, 1.165) is 13.0 Å². The Kier molecular flexibility index (Phi) is 4.69. The lowest BCUT2D eigenvalue weighted by Gasteiger charge is -2.20. The molecule has 0 heterocycles. The second-order valence-corrected chi connectivity index (χ2v) is 4.76. The first-order valence-electron chi connectivity index (χ1n) is 6.75. The largest absolute Gasteiger partial charge is 0.478 e. The Morgan fingerprint density at radius 3 is 2.08 bits per heavy atom. The van der Waals surface area contributed by atoms with E-state index in [1.54, 1.807) is 0 Å². The Morgan fingerprint density at radius 1 is 1.00 bits per heavy atom. The average molecular weight is 328 g/mol. The average Bonchev–Trinajstić information content (AvgIpc) is 2.54. The van der Waals surface area contributed by atoms with Crippen LogP contribution in [0.5, 0.6) is 0 Å². The third-order valence-electron chi connectivity index (χ3n) is 3.23. The van der Waals surface area contributed by atoms with Gasteiger partial charge in [-0.3, -0.25) is 19.7 Å². The Morgan fingerprint density at radius 2 is 1.54 bits per heavy atom. The van der Waals surface area contributed by atoms with Crippen molar-refractivity contribution in [3.05, 3.63) is 69.8 Å². The Labute approximate surface area is 136 Å². The Hall–Kier alpha value is -3.55. The number of nitrogens with zero attached hydrogens (tertiary/aromatic N) is 2. The smallest absolute Gasteiger partial charge is 0.336 e. The molecule has 0 saturated heterocycles. The second kappa shape index (κ2) is 6.69. The van der Waals surface area contributed by atoms with Gasteiger partial charge in [0.25, 0.3) is 11.6 Å². The molecule has 0 saturated carbocycles. The molecule has 0 aliphatic carbocycles. The van der Waals surface area contributed by atoms with E-state index in [9.17, 15) is 29.6 Å². The number of amides is 2. The molecule has 0 spiro atoms. The summed E-state index contributed by atoms with van der Waals surface area (Å²) in [5.41, 5.74) is -1.19. The van der Waals surface area contributed by atoms with Crippen molar-refractivity contribution in [3.63, 3.8) is 0 Å². The molecular formula is C16H12N2O6. The van der Waals surface area contributed by atoms with Crippen molar-refractivity contribution in [1.82, 2.24) is 0 Å². The molecule has 8 nitrogen and oxygen atoms in total. The highest BCUT2D eigenvalue weighted by Crippen LogP contribution is 2.29. The molecule has 1 N–H and O–H groups in total. The molecule has 0 bridgehead atoms. The molecule has 0 aliphatic heterocycles. The van der Waals surface area contributed by atoms with Crippen molar-refractivity contribution in [2.24, 2.45) is 0 Å². The number of nitro benzene ring substituents is 1. The number of carbonyl (C=O) groups is 3. The van der Waals surface area contributed by atoms with Crippen LogP contribution in [0, 0.1) is 10.1 Å². The minimum Gasteiger partial charge on any atom is -0.478 e. The van der Waals surface area contributed by atoms with Crippen LogP contribution < -0.4 is 4.90 Å². The predicted octanol–water partition coefficient (Wildman–Crippen LogP) is 2.49. The van der Waals surface area contributed by atoms with Gasteiger partial charge in [0.1, 0.15) is 5.69 Å². The van der Waals surface area contributed by atoms with Gasteiger partial charge in [-0.15, -0.1) is 0 Å². The summed E-state index contributed by atoms with van der Waals surface area (Å²) in [6.07, 6.45) is 0. The van der Waals surface area contributed by atoms with Crippen molar-refractivity contribution in [3.8, 4) is 0 Å². The first-order chi connectivity index (χ1) is 11.3. The number of carboxylic acid groups (broad SMARTS) is 1. The molecule has 2 aromatic rings. The topological polar surface area (TPSA) is 118 Å². The van der Waals surface area contributed by atoms with Crippen molar-refractivity contribution in [1.29, 1.82) is 0 Å². The highest BCUT2D eigenvalue weighted by molar-refractivity contribution is 6.23. The summed E-state index contributed by atoms with van der Waals surface area (Å²) in [5, 5.41) is 20.3. The number of anilines is 1. The van der Waals surface area contributed by atoms with Crippen molar-refractivity contribution in [2.75, 3.05) is 4.90 Å². The number of rotatable bonds is 4. The van der Waals surface area contributed by atoms with Crippen molar-refractivity contribution >= 4 is 29.2 Å². The zero-order chi connectivity index (χ0) is 17.9. The molecule has 2 amide bonds. The van der Waals surface area contributed by atoms with Gasteiger partial charge in [0.05, 0.1) is 16.1 Å². The van der Waals surface area contributed by atoms with Crippen LogP contribution >= 0.6 is 0 Å². The molecule has 0 unspecified atom stereocenters. The summed E-state index contributed by atoms with van der Waals surface area (Å²) in [6, 6.07) is 10.6. The fraction of sp³-hybridized carbons (Fsp3) is 0.0625. The first-order valence-corrected chi connectivity index (χ1v) is 6.75. The van der Waals surface area contributed by atoms with Gasteiger partial charge in [-0.2, -0.15) is 0 Å². The van der Waals surface area contributed by atoms with Crippen LogP contribution in [0.1, 0.15) is 27.6 Å². The van der Waals surface area contributed by atoms with Crippen molar-refractivity contribution in [2.45, 2.75) is 6.92 Å². The maximum absolute atomic E-state index is 12.7. The predicted molar refractivity (Wildman–Crippen MR) is 84.0 cm³/mol. The van der Waals surface area contributed by atoms with Crippen LogP contribution in [0.3, 0.4) is 0 Å². The molecular weight excluding hydrogens is 316 g/mol. The Balaban J connectivity index is 2.62. The molecule has 0 radical (unpaired) electrons. The zero-order valence-electron chi connectivity index (χ0n) is 12.5. The van der Waals surface area contributed by atoms with Gasteiger partial charge in [-0.25, -0.2) is 9.69 Å². The fourth-order valence-electron chi connectivity index (χ4n) is 2.21. The summed E-state index contributed by atoms with van der Waals surface area (Å²) in [4.78, 5) is 46.9. The van der Waals surface area contributed by atoms with E-state index in [1.165, 1.54) is 42.5 Å². The molecule has 122 valence electrons. The van der Waals surface area contributed by atoms with E-state index in [4.69, 9.17) is 0 Å². The third kappa shape index (κ3) is 3.12. The molecule has 0 fully saturated rings. The van der Waals surface area contributed by atoms with Crippen LogP contribution in [0.15, 0.2) is 48.5 Å². The number of hydrogen-bond acceptors (Lipinski definition) is 5. The van der Waals surface area contributed by atoms with Crippen LogP contribution in [-0.2, 0) is 4.79 Å². The Bertz CT molecular complexity index is 846. The number of para-hydroxylation sites is 2. The number of benzene rings is 2. The van der Waals surface area contributed by atoms with Gasteiger partial charge < -0.3 is 5.11 Å². The van der Waals surface area contributed by atoms with E-state index in [2.05, 4.69) is 0 Å². The quantitative estimate of drug-likeness (QED) is 0.680. The number of carboxylic acids is 1. The van der Waals surface area contributed by atoms with Gasteiger partial charge in [0.2, 0.25) is 5.91 Å². The van der Waals surface area contributed by atoms with Crippen LogP contribution in [0.2, 0.25) is 0 Å². The standard InChI is InChI=1S/C16H12N2O6/c1-10(19)17(13-8-4-5-9-14(13)18(23)24)15(20)11-6-2-3-7-12(11)16(21)22/h2-9H,1H3,(H,21,22). The van der Waals surface area contributed by atoms with Gasteiger partial charge in [-0.05, 0) is 18.2 Å². The van der Waals surface area contributed by atoms with Gasteiger partial charge in [-0.1, -0.05) is 24.3 Å². The summed E-state index contributed by atoms with van der Waals surface area (Å²) in [5.74, 6) is -3.06. The number of imide groups is 1. The maximum atomic E-state index is 12.7. The molecule has 8 heteroatoms. The van der Waals surface area contributed by atoms with Crippen LogP contribution in [0.4, 0.5) is 11.4 Å². The monoisotopic (exact) mass is 328 g/mol. The highest BCUT2D eigenvalue weighted by Gasteiger charge is 2.30. The number of aromatic carboxylic acids is 1. The van der Waals surface area contributed by atoms with Gasteiger partial charge in [0, 0.05) is 13.0 Å². The lowest BCUT2D eigenvalue weighted by atomic mass is 10.1. The lowest BCUT2D eigenvalue weighted by molar-refractivity contribution is -0.384. The summed E-state index contributed by atoms with van der Waals surface area (Å²) >= 11 is 0. The van der Waals surface area contributed by atoms with Gasteiger partial charge in [0.15, 0.2) is 0 Å². The highest BCUT2D eigenvalue weighted by atomic mass is 16.6. The number of hydrogen-bond donors (Lipinski definition) is 1. The number of nitro groups is 1. The molecule has 24 heavy (non-hydrogen) atoms. The van der Waals surface area contributed by atoms with Gasteiger partial charge >= 0.3 is 5.97 Å². The molecule has 0 atom stereocenters. The van der Waals surface area contributed by atoms with Crippen LogP contribution in [-0.4, -0.2) is 27.8 Å². The van der Waals surface area contributed by atoms with E-state index < -0.39 is 28.4 Å². The summed E-state index contributed by atoms with van der Waals surface area (Å²) in [6.45, 7) is 1.07. The zero-order valence-corrected chi connectivity index (χ0v) is 12.5. The lowest BCUT2D eigenvalue weighted by Crippen LogP contribution is -2.36. The molecule has 0 aliphatic rings. The number of carbonyl (C=O) groups excluding carboxylic acids is 2. The molecule has 0 aromatic heterocycles. The van der Waals surface area contributed by atoms with E-state index in [-0.39, 0.29) is 16.8 Å². The van der Waals surface area contributed by atoms with E-state index in [0.29, 0.717) is 4.90 Å². The first kappa shape index (κ1) is 16.8.